The summed E-state index contributed by atoms with van der Waals surface area (Å²) in [4.78, 5) is 16.0. The molecule has 1 saturated heterocycles. The second-order valence-corrected chi connectivity index (χ2v) is 11.4. The molecule has 2 aliphatic heterocycles. The van der Waals surface area contributed by atoms with Crippen LogP contribution in [0.15, 0.2) is 11.8 Å². The van der Waals surface area contributed by atoms with Crippen LogP contribution in [-0.4, -0.2) is 89.7 Å². The lowest BCUT2D eigenvalue weighted by Crippen LogP contribution is -2.60. The van der Waals surface area contributed by atoms with Gasteiger partial charge in [-0.05, 0) is 40.4 Å². The molecule has 2 unspecified atom stereocenters. The minimum atomic E-state index is -2.96. The maximum Gasteiger partial charge on any atom is 0.325 e. The van der Waals surface area contributed by atoms with E-state index in [0.717, 1.165) is 0 Å². The van der Waals surface area contributed by atoms with Gasteiger partial charge in [-0.3, -0.25) is 14.4 Å². The molecule has 4 atom stereocenters. The van der Waals surface area contributed by atoms with Crippen LogP contribution in [-0.2, 0) is 13.8 Å². The van der Waals surface area contributed by atoms with Crippen molar-refractivity contribution in [2.45, 2.75) is 64.9 Å². The highest BCUT2D eigenvalue weighted by atomic mass is 31.2. The van der Waals surface area contributed by atoms with E-state index in [1.165, 1.54) is 4.90 Å². The van der Waals surface area contributed by atoms with Crippen molar-refractivity contribution in [3.63, 3.8) is 0 Å². The summed E-state index contributed by atoms with van der Waals surface area (Å²) in [5.41, 5.74) is 0.498. The smallest absolute Gasteiger partial charge is 0.325 e. The van der Waals surface area contributed by atoms with Crippen molar-refractivity contribution < 1.29 is 23.7 Å². The lowest BCUT2D eigenvalue weighted by atomic mass is 10.2. The van der Waals surface area contributed by atoms with E-state index < -0.39 is 26.0 Å². The lowest BCUT2D eigenvalue weighted by molar-refractivity contribution is -0.145. The Balaban J connectivity index is 2.15. The van der Waals surface area contributed by atoms with E-state index in [4.69, 9.17) is 9.26 Å². The molecule has 0 aliphatic carbocycles. The van der Waals surface area contributed by atoms with Crippen molar-refractivity contribution in [2.75, 3.05) is 33.8 Å². The normalized spacial score (nSPS) is 29.2. The van der Waals surface area contributed by atoms with Crippen LogP contribution in [0, 0.1) is 0 Å². The van der Waals surface area contributed by atoms with Gasteiger partial charge in [-0.2, -0.15) is 0 Å². The average molecular weight is 418 g/mol. The Morgan fingerprint density at radius 1 is 1.36 bits per heavy atom. The molecule has 2 rings (SSSR count). The van der Waals surface area contributed by atoms with Gasteiger partial charge in [0.1, 0.15) is 0 Å². The first kappa shape index (κ1) is 23.3. The SMILES string of the molecule is CC1=CN([C@H]2CN(C(C)C)C[C@@H](COP(=O)(C(C)C)N(C)C)O2)C(=O)NC1O. The fraction of sp³-hybridized carbons (Fsp3) is 0.833. The first-order valence-corrected chi connectivity index (χ1v) is 11.4. The molecule has 0 saturated carbocycles. The molecule has 9 nitrogen and oxygen atoms in total. The van der Waals surface area contributed by atoms with Gasteiger partial charge in [0.2, 0.25) is 0 Å². The van der Waals surface area contributed by atoms with Gasteiger partial charge in [-0.15, -0.1) is 0 Å². The Hall–Kier alpha value is -0.960. The molecule has 2 N–H and O–H groups in total. The topological polar surface area (TPSA) is 94.6 Å². The summed E-state index contributed by atoms with van der Waals surface area (Å²) < 4.78 is 26.8. The van der Waals surface area contributed by atoms with Gasteiger partial charge in [0, 0.05) is 31.0 Å². The summed E-state index contributed by atoms with van der Waals surface area (Å²) in [5.74, 6) is 0. The zero-order chi connectivity index (χ0) is 21.2. The number of carbonyl (C=O) groups excluding carboxylic acids is 1. The minimum absolute atomic E-state index is 0.136. The fourth-order valence-electron chi connectivity index (χ4n) is 3.30. The van der Waals surface area contributed by atoms with Gasteiger partial charge in [-0.25, -0.2) is 9.46 Å². The number of nitrogens with zero attached hydrogens (tertiary/aromatic N) is 3. The standard InChI is InChI=1S/C18H35N4O5P/c1-12(2)21-9-15(11-26-28(25,13(3)4)20(6)7)27-16(10-21)22-8-14(5)17(23)19-18(22)24/h8,12-13,15-17,23H,9-11H2,1-7H3,(H,19,24)/t15-,16+,17?,28?/m0/s1. The summed E-state index contributed by atoms with van der Waals surface area (Å²) in [7, 11) is 0.547. The Morgan fingerprint density at radius 2 is 2.00 bits per heavy atom. The fourth-order valence-corrected chi connectivity index (χ4v) is 5.13. The molecule has 0 radical (unpaired) electrons. The minimum Gasteiger partial charge on any atom is -0.370 e. The van der Waals surface area contributed by atoms with Gasteiger partial charge in [0.15, 0.2) is 12.5 Å². The number of carbonyl (C=O) groups is 1. The average Bonchev–Trinajstić information content (AvgIpc) is 2.61. The highest BCUT2D eigenvalue weighted by Gasteiger charge is 2.38. The first-order valence-electron chi connectivity index (χ1n) is 9.72. The van der Waals surface area contributed by atoms with Crippen molar-refractivity contribution in [1.82, 2.24) is 19.8 Å². The monoisotopic (exact) mass is 418 g/mol. The molecule has 1 fully saturated rings. The zero-order valence-electron chi connectivity index (χ0n) is 18.0. The highest BCUT2D eigenvalue weighted by molar-refractivity contribution is 7.57. The molecule has 0 spiro atoms. The number of nitrogens with one attached hydrogen (secondary N) is 1. The Kier molecular flexibility index (Phi) is 7.69. The number of hydrogen-bond acceptors (Lipinski definition) is 6. The van der Waals surface area contributed by atoms with E-state index in [1.54, 1.807) is 31.9 Å². The number of aliphatic hydroxyl groups is 1. The zero-order valence-corrected chi connectivity index (χ0v) is 18.8. The third-order valence-electron chi connectivity index (χ3n) is 5.14. The maximum atomic E-state index is 13.1. The van der Waals surface area contributed by atoms with Crippen molar-refractivity contribution in [1.29, 1.82) is 0 Å². The predicted molar refractivity (Wildman–Crippen MR) is 108 cm³/mol. The number of aliphatic hydroxyl groups excluding tert-OH is 1. The second-order valence-electron chi connectivity index (χ2n) is 8.19. The van der Waals surface area contributed by atoms with Crippen LogP contribution in [0.1, 0.15) is 34.6 Å². The van der Waals surface area contributed by atoms with Gasteiger partial charge < -0.3 is 19.7 Å². The summed E-state index contributed by atoms with van der Waals surface area (Å²) in [6.45, 7) is 11.0. The maximum absolute atomic E-state index is 13.1. The second kappa shape index (κ2) is 9.24. The molecule has 2 heterocycles. The van der Waals surface area contributed by atoms with Gasteiger partial charge in [0.05, 0.1) is 12.7 Å². The van der Waals surface area contributed by atoms with Crippen LogP contribution >= 0.6 is 7.52 Å². The number of rotatable bonds is 7. The van der Waals surface area contributed by atoms with Crippen molar-refractivity contribution >= 4 is 13.6 Å². The summed E-state index contributed by atoms with van der Waals surface area (Å²) in [5, 5.41) is 12.3. The van der Waals surface area contributed by atoms with Crippen molar-refractivity contribution in [3.8, 4) is 0 Å². The molecular formula is C18H35N4O5P. The van der Waals surface area contributed by atoms with E-state index in [9.17, 15) is 14.5 Å². The van der Waals surface area contributed by atoms with Gasteiger partial charge in [-0.1, -0.05) is 13.8 Å². The molecule has 28 heavy (non-hydrogen) atoms. The molecular weight excluding hydrogens is 383 g/mol. The molecule has 0 aromatic heterocycles. The quantitative estimate of drug-likeness (QED) is 0.610. The van der Waals surface area contributed by atoms with Crippen LogP contribution in [0.5, 0.6) is 0 Å². The van der Waals surface area contributed by atoms with Gasteiger partial charge >= 0.3 is 6.03 Å². The molecule has 0 aromatic carbocycles. The van der Waals surface area contributed by atoms with E-state index in [0.29, 0.717) is 18.7 Å². The number of urea groups is 1. The van der Waals surface area contributed by atoms with Crippen LogP contribution in [0.3, 0.4) is 0 Å². The van der Waals surface area contributed by atoms with Gasteiger partial charge in [0.25, 0.3) is 7.52 Å². The Morgan fingerprint density at radius 3 is 2.54 bits per heavy atom. The summed E-state index contributed by atoms with van der Waals surface area (Å²) in [6, 6.07) is -0.155. The highest BCUT2D eigenvalue weighted by Crippen LogP contribution is 2.53. The summed E-state index contributed by atoms with van der Waals surface area (Å²) >= 11 is 0. The van der Waals surface area contributed by atoms with Crippen LogP contribution in [0.2, 0.25) is 0 Å². The molecule has 2 aliphatic rings. The van der Waals surface area contributed by atoms with E-state index >= 15 is 0 Å². The molecule has 10 heteroatoms. The van der Waals surface area contributed by atoms with Crippen molar-refractivity contribution in [2.24, 2.45) is 0 Å². The summed E-state index contributed by atoms with van der Waals surface area (Å²) in [6.07, 6.45) is -0.217. The molecule has 0 bridgehead atoms. The largest absolute Gasteiger partial charge is 0.370 e. The third kappa shape index (κ3) is 5.14. The van der Waals surface area contributed by atoms with Crippen LogP contribution in [0.4, 0.5) is 4.79 Å². The van der Waals surface area contributed by atoms with Crippen LogP contribution in [0.25, 0.3) is 0 Å². The van der Waals surface area contributed by atoms with E-state index in [-0.39, 0.29) is 24.4 Å². The first-order chi connectivity index (χ1) is 13.0. The van der Waals surface area contributed by atoms with E-state index in [1.807, 2.05) is 13.8 Å². The molecule has 162 valence electrons. The number of ether oxygens (including phenoxy) is 1. The predicted octanol–water partition coefficient (Wildman–Crippen LogP) is 1.85. The van der Waals surface area contributed by atoms with Crippen molar-refractivity contribution in [3.05, 3.63) is 11.8 Å². The Bertz CT molecular complexity index is 627. The lowest BCUT2D eigenvalue weighted by Gasteiger charge is -2.44. The Labute approximate surface area is 168 Å². The molecule has 0 aromatic rings. The van der Waals surface area contributed by atoms with Crippen LogP contribution < -0.4 is 5.32 Å². The number of hydrogen-bond donors (Lipinski definition) is 2. The third-order valence-corrected chi connectivity index (χ3v) is 8.08. The van der Waals surface area contributed by atoms with E-state index in [2.05, 4.69) is 24.1 Å². The molecule has 2 amide bonds. The number of morpholine rings is 1. The number of amides is 2.